The lowest BCUT2D eigenvalue weighted by atomic mass is 9.90. The Kier molecular flexibility index (Phi) is 5.37. The largest absolute Gasteiger partial charge is 0.399 e. The fraction of sp³-hybridized carbons (Fsp3) is 0.348. The van der Waals surface area contributed by atoms with Crippen LogP contribution in [0.3, 0.4) is 0 Å². The van der Waals surface area contributed by atoms with Gasteiger partial charge in [-0.3, -0.25) is 5.41 Å². The van der Waals surface area contributed by atoms with Crippen LogP contribution in [-0.2, 0) is 12.8 Å². The molecule has 130 valence electrons. The molecule has 0 aromatic heterocycles. The minimum Gasteiger partial charge on any atom is -0.399 e. The van der Waals surface area contributed by atoms with E-state index in [1.54, 1.807) is 0 Å². The van der Waals surface area contributed by atoms with E-state index in [9.17, 15) is 0 Å². The molecule has 0 atom stereocenters. The van der Waals surface area contributed by atoms with Crippen molar-refractivity contribution in [1.29, 1.82) is 5.41 Å². The molecule has 1 aliphatic rings. The summed E-state index contributed by atoms with van der Waals surface area (Å²) in [7, 11) is 0. The Labute approximate surface area is 151 Å². The van der Waals surface area contributed by atoms with E-state index in [1.807, 2.05) is 24.3 Å². The number of anilines is 1. The Morgan fingerprint density at radius 1 is 1.08 bits per heavy atom. The molecule has 0 spiro atoms. The zero-order valence-electron chi connectivity index (χ0n) is 15.3. The SMILES string of the molecule is CCCc1ccc(C/C(C(=N)c2cccc(N)c2)=C(/C)C2CC2)cc1. The Hall–Kier alpha value is -2.35. The summed E-state index contributed by atoms with van der Waals surface area (Å²) < 4.78 is 0. The third kappa shape index (κ3) is 4.39. The Morgan fingerprint density at radius 3 is 2.36 bits per heavy atom. The van der Waals surface area contributed by atoms with Crippen LogP contribution < -0.4 is 5.73 Å². The van der Waals surface area contributed by atoms with E-state index in [4.69, 9.17) is 11.1 Å². The molecule has 3 N–H and O–H groups in total. The molecule has 0 aliphatic heterocycles. The highest BCUT2D eigenvalue weighted by molar-refractivity contribution is 6.11. The second kappa shape index (κ2) is 7.69. The van der Waals surface area contributed by atoms with Gasteiger partial charge < -0.3 is 5.73 Å². The fourth-order valence-electron chi connectivity index (χ4n) is 3.37. The number of benzene rings is 2. The van der Waals surface area contributed by atoms with E-state index in [-0.39, 0.29) is 0 Å². The molecule has 0 bridgehead atoms. The van der Waals surface area contributed by atoms with Crippen LogP contribution in [0.1, 0.15) is 49.8 Å². The lowest BCUT2D eigenvalue weighted by molar-refractivity contribution is 0.919. The first kappa shape index (κ1) is 17.5. The van der Waals surface area contributed by atoms with Gasteiger partial charge in [0, 0.05) is 11.3 Å². The van der Waals surface area contributed by atoms with Crippen molar-refractivity contribution in [3.63, 3.8) is 0 Å². The highest BCUT2D eigenvalue weighted by Crippen LogP contribution is 2.39. The van der Waals surface area contributed by atoms with Gasteiger partial charge in [-0.1, -0.05) is 55.3 Å². The maximum Gasteiger partial charge on any atom is 0.0647 e. The van der Waals surface area contributed by atoms with Gasteiger partial charge in [-0.25, -0.2) is 0 Å². The van der Waals surface area contributed by atoms with Gasteiger partial charge in [0.15, 0.2) is 0 Å². The first-order chi connectivity index (χ1) is 12.1. The summed E-state index contributed by atoms with van der Waals surface area (Å²) in [4.78, 5) is 0. The maximum atomic E-state index is 8.78. The number of nitrogens with one attached hydrogen (secondary N) is 1. The molecule has 2 nitrogen and oxygen atoms in total. The quantitative estimate of drug-likeness (QED) is 0.506. The Morgan fingerprint density at radius 2 is 1.76 bits per heavy atom. The molecule has 0 unspecified atom stereocenters. The lowest BCUT2D eigenvalue weighted by Gasteiger charge is -2.15. The van der Waals surface area contributed by atoms with Crippen molar-refractivity contribution >= 4 is 11.4 Å². The number of aryl methyl sites for hydroxylation is 1. The average molecular weight is 332 g/mol. The minimum absolute atomic E-state index is 0.620. The lowest BCUT2D eigenvalue weighted by Crippen LogP contribution is -2.10. The fourth-order valence-corrected chi connectivity index (χ4v) is 3.37. The van der Waals surface area contributed by atoms with Gasteiger partial charge in [-0.15, -0.1) is 0 Å². The predicted octanol–water partition coefficient (Wildman–Crippen LogP) is 5.56. The van der Waals surface area contributed by atoms with Crippen LogP contribution in [-0.4, -0.2) is 5.71 Å². The van der Waals surface area contributed by atoms with Gasteiger partial charge >= 0.3 is 0 Å². The number of hydrogen-bond acceptors (Lipinski definition) is 2. The summed E-state index contributed by atoms with van der Waals surface area (Å²) in [5.41, 5.74) is 13.4. The molecule has 25 heavy (non-hydrogen) atoms. The molecule has 2 aromatic carbocycles. The average Bonchev–Trinajstić information content (AvgIpc) is 3.45. The highest BCUT2D eigenvalue weighted by Gasteiger charge is 2.27. The third-order valence-electron chi connectivity index (χ3n) is 5.09. The van der Waals surface area contributed by atoms with E-state index in [0.717, 1.165) is 29.7 Å². The van der Waals surface area contributed by atoms with E-state index < -0.39 is 0 Å². The van der Waals surface area contributed by atoms with Gasteiger partial charge in [-0.05, 0) is 67.4 Å². The van der Waals surface area contributed by atoms with Crippen molar-refractivity contribution in [2.75, 3.05) is 5.73 Å². The smallest absolute Gasteiger partial charge is 0.0647 e. The van der Waals surface area contributed by atoms with E-state index >= 15 is 0 Å². The first-order valence-corrected chi connectivity index (χ1v) is 9.30. The molecule has 2 heteroatoms. The Bertz CT molecular complexity index is 780. The topological polar surface area (TPSA) is 49.9 Å². The predicted molar refractivity (Wildman–Crippen MR) is 107 cm³/mol. The molecule has 0 amide bonds. The Balaban J connectivity index is 1.88. The summed E-state index contributed by atoms with van der Waals surface area (Å²) in [5.74, 6) is 0.663. The van der Waals surface area contributed by atoms with E-state index in [2.05, 4.69) is 38.1 Å². The van der Waals surface area contributed by atoms with Crippen LogP contribution >= 0.6 is 0 Å². The van der Waals surface area contributed by atoms with Crippen molar-refractivity contribution in [2.45, 2.75) is 46.0 Å². The summed E-state index contributed by atoms with van der Waals surface area (Å²) in [6.45, 7) is 4.42. The van der Waals surface area contributed by atoms with Gasteiger partial charge in [0.2, 0.25) is 0 Å². The second-order valence-electron chi connectivity index (χ2n) is 7.18. The summed E-state index contributed by atoms with van der Waals surface area (Å²) >= 11 is 0. The molecule has 3 rings (SSSR count). The second-order valence-corrected chi connectivity index (χ2v) is 7.18. The van der Waals surface area contributed by atoms with Gasteiger partial charge in [-0.2, -0.15) is 0 Å². The van der Waals surface area contributed by atoms with Crippen molar-refractivity contribution in [3.8, 4) is 0 Å². The van der Waals surface area contributed by atoms with Crippen LogP contribution in [0, 0.1) is 11.3 Å². The zero-order valence-corrected chi connectivity index (χ0v) is 15.3. The number of nitrogens with two attached hydrogens (primary N) is 1. The highest BCUT2D eigenvalue weighted by atomic mass is 14.5. The first-order valence-electron chi connectivity index (χ1n) is 9.30. The minimum atomic E-state index is 0.620. The van der Waals surface area contributed by atoms with Crippen LogP contribution in [0.2, 0.25) is 0 Å². The number of allylic oxidation sites excluding steroid dienone is 2. The molecule has 1 saturated carbocycles. The molecular weight excluding hydrogens is 304 g/mol. The van der Waals surface area contributed by atoms with E-state index in [0.29, 0.717) is 11.6 Å². The van der Waals surface area contributed by atoms with Crippen LogP contribution in [0.5, 0.6) is 0 Å². The third-order valence-corrected chi connectivity index (χ3v) is 5.09. The van der Waals surface area contributed by atoms with Crippen molar-refractivity contribution in [3.05, 3.63) is 76.4 Å². The standard InChI is InChI=1S/C23H28N2/c1-3-5-17-8-10-18(11-9-17)14-22(16(2)19-12-13-19)23(25)20-6-4-7-21(24)15-20/h4,6-11,15,19,25H,3,5,12-14,24H2,1-2H3/b22-16+,25-23?. The van der Waals surface area contributed by atoms with Crippen molar-refractivity contribution in [1.82, 2.24) is 0 Å². The van der Waals surface area contributed by atoms with E-state index in [1.165, 1.54) is 36.0 Å². The van der Waals surface area contributed by atoms with Gasteiger partial charge in [0.05, 0.1) is 5.71 Å². The maximum absolute atomic E-state index is 8.78. The van der Waals surface area contributed by atoms with Crippen molar-refractivity contribution in [2.24, 2.45) is 5.92 Å². The molecule has 1 aliphatic carbocycles. The monoisotopic (exact) mass is 332 g/mol. The molecule has 0 saturated heterocycles. The molecule has 2 aromatic rings. The van der Waals surface area contributed by atoms with Gasteiger partial charge in [0.25, 0.3) is 0 Å². The van der Waals surface area contributed by atoms with Crippen LogP contribution in [0.15, 0.2) is 59.7 Å². The van der Waals surface area contributed by atoms with Crippen LogP contribution in [0.4, 0.5) is 5.69 Å². The molecule has 1 fully saturated rings. The molecule has 0 heterocycles. The van der Waals surface area contributed by atoms with Crippen molar-refractivity contribution < 1.29 is 0 Å². The zero-order chi connectivity index (χ0) is 17.8. The number of hydrogen-bond donors (Lipinski definition) is 2. The molecular formula is C23H28N2. The van der Waals surface area contributed by atoms with Gasteiger partial charge in [0.1, 0.15) is 0 Å². The normalized spacial score (nSPS) is 15.0. The number of rotatable bonds is 7. The van der Waals surface area contributed by atoms with Crippen LogP contribution in [0.25, 0.3) is 0 Å². The summed E-state index contributed by atoms with van der Waals surface area (Å²) in [6, 6.07) is 16.6. The molecule has 0 radical (unpaired) electrons. The summed E-state index contributed by atoms with van der Waals surface area (Å²) in [5, 5.41) is 8.78. The number of nitrogen functional groups attached to an aromatic ring is 1. The summed E-state index contributed by atoms with van der Waals surface area (Å²) in [6.07, 6.45) is 5.64.